The zero-order chi connectivity index (χ0) is 16.2. The van der Waals surface area contributed by atoms with Crippen LogP contribution in [-0.4, -0.2) is 25.6 Å². The smallest absolute Gasteiger partial charge is 0.336 e. The molecule has 1 N–H and O–H groups in total. The molecule has 0 aliphatic rings. The number of benzene rings is 1. The van der Waals surface area contributed by atoms with Gasteiger partial charge in [0.1, 0.15) is 5.75 Å². The number of aryl methyl sites for hydroxylation is 1. The zero-order valence-electron chi connectivity index (χ0n) is 11.9. The lowest BCUT2D eigenvalue weighted by Crippen LogP contribution is -2.09. The molecule has 0 atom stereocenters. The zero-order valence-corrected chi connectivity index (χ0v) is 13.6. The average molecular weight is 338 g/mol. The number of nitrogens with zero attached hydrogens (tertiary/aromatic N) is 1. The molecule has 116 valence electrons. The van der Waals surface area contributed by atoms with Crippen molar-refractivity contribution in [3.8, 4) is 5.75 Å². The molecule has 0 unspecified atom stereocenters. The van der Waals surface area contributed by atoms with Crippen LogP contribution in [0.25, 0.3) is 6.08 Å². The summed E-state index contributed by atoms with van der Waals surface area (Å²) in [4.78, 5) is 15.9. The second-order valence-corrected chi connectivity index (χ2v) is 7.26. The number of hydrogen-bond donors (Lipinski definition) is 1. The standard InChI is InChI=1S/C14H14N2O4S2/c1-10-15-12(9-21-10)5-8-14(17)20-13-6-3-11(4-7-13)16-22(2,18)19/h3-9,16H,1-2H3/b8-5+. The minimum absolute atomic E-state index is 0.322. The van der Waals surface area contributed by atoms with E-state index in [0.29, 0.717) is 17.1 Å². The van der Waals surface area contributed by atoms with Crippen LogP contribution in [0.5, 0.6) is 5.75 Å². The molecular formula is C14H14N2O4S2. The van der Waals surface area contributed by atoms with E-state index in [-0.39, 0.29) is 0 Å². The van der Waals surface area contributed by atoms with Crippen molar-refractivity contribution in [1.29, 1.82) is 0 Å². The summed E-state index contributed by atoms with van der Waals surface area (Å²) in [5.41, 5.74) is 1.10. The summed E-state index contributed by atoms with van der Waals surface area (Å²) in [6.45, 7) is 1.88. The number of rotatable bonds is 5. The molecule has 0 saturated heterocycles. The molecule has 1 heterocycles. The van der Waals surface area contributed by atoms with Crippen molar-refractivity contribution < 1.29 is 17.9 Å². The number of ether oxygens (including phenoxy) is 1. The molecule has 0 radical (unpaired) electrons. The van der Waals surface area contributed by atoms with Gasteiger partial charge in [-0.1, -0.05) is 0 Å². The first-order valence-corrected chi connectivity index (χ1v) is 8.99. The summed E-state index contributed by atoms with van der Waals surface area (Å²) in [6, 6.07) is 6.03. The van der Waals surface area contributed by atoms with E-state index in [1.807, 2.05) is 12.3 Å². The third-order valence-electron chi connectivity index (χ3n) is 2.40. The number of nitrogens with one attached hydrogen (secondary N) is 1. The Morgan fingerprint density at radius 2 is 2.00 bits per heavy atom. The normalized spacial score (nSPS) is 11.5. The van der Waals surface area contributed by atoms with E-state index >= 15 is 0 Å². The highest BCUT2D eigenvalue weighted by Gasteiger charge is 2.04. The van der Waals surface area contributed by atoms with E-state index in [1.165, 1.54) is 41.7 Å². The fourth-order valence-electron chi connectivity index (χ4n) is 1.57. The summed E-state index contributed by atoms with van der Waals surface area (Å²) in [7, 11) is -3.33. The van der Waals surface area contributed by atoms with Crippen molar-refractivity contribution in [1.82, 2.24) is 4.98 Å². The average Bonchev–Trinajstić information content (AvgIpc) is 2.83. The quantitative estimate of drug-likeness (QED) is 0.514. The number of aromatic nitrogens is 1. The number of carbonyl (C=O) groups is 1. The lowest BCUT2D eigenvalue weighted by Gasteiger charge is -2.05. The van der Waals surface area contributed by atoms with Gasteiger partial charge in [0.05, 0.1) is 17.0 Å². The molecule has 0 saturated carbocycles. The van der Waals surface area contributed by atoms with Gasteiger partial charge < -0.3 is 4.74 Å². The van der Waals surface area contributed by atoms with E-state index in [0.717, 1.165) is 11.3 Å². The van der Waals surface area contributed by atoms with Gasteiger partial charge in [-0.15, -0.1) is 11.3 Å². The predicted molar refractivity (Wildman–Crippen MR) is 86.4 cm³/mol. The van der Waals surface area contributed by atoms with Gasteiger partial charge in [-0.05, 0) is 37.3 Å². The molecule has 22 heavy (non-hydrogen) atoms. The van der Waals surface area contributed by atoms with Crippen LogP contribution in [0.2, 0.25) is 0 Å². The molecule has 0 spiro atoms. The summed E-state index contributed by atoms with van der Waals surface area (Å²) in [5, 5.41) is 2.76. The lowest BCUT2D eigenvalue weighted by molar-refractivity contribution is -0.128. The van der Waals surface area contributed by atoms with E-state index in [2.05, 4.69) is 9.71 Å². The second kappa shape index (κ2) is 6.71. The predicted octanol–water partition coefficient (Wildman–Crippen LogP) is 2.44. The van der Waals surface area contributed by atoms with Crippen LogP contribution in [0.1, 0.15) is 10.7 Å². The van der Waals surface area contributed by atoms with Crippen molar-refractivity contribution in [3.05, 3.63) is 46.4 Å². The molecule has 1 aromatic heterocycles. The Bertz CT molecular complexity index is 793. The van der Waals surface area contributed by atoms with Gasteiger partial charge in [0.25, 0.3) is 0 Å². The number of carbonyl (C=O) groups excluding carboxylic acids is 1. The van der Waals surface area contributed by atoms with E-state index < -0.39 is 16.0 Å². The van der Waals surface area contributed by atoms with Gasteiger partial charge in [-0.3, -0.25) is 4.72 Å². The molecule has 2 rings (SSSR count). The van der Waals surface area contributed by atoms with Crippen LogP contribution in [-0.2, 0) is 14.8 Å². The van der Waals surface area contributed by atoms with Gasteiger partial charge in [0.15, 0.2) is 0 Å². The Balaban J connectivity index is 1.95. The third kappa shape index (κ3) is 5.30. The molecule has 0 aliphatic heterocycles. The maximum Gasteiger partial charge on any atom is 0.336 e. The Morgan fingerprint density at radius 1 is 1.32 bits per heavy atom. The fraction of sp³-hybridized carbons (Fsp3) is 0.143. The Labute approximate surface area is 132 Å². The van der Waals surface area contributed by atoms with Crippen molar-refractivity contribution in [2.75, 3.05) is 11.0 Å². The van der Waals surface area contributed by atoms with Crippen LogP contribution in [0.15, 0.2) is 35.7 Å². The van der Waals surface area contributed by atoms with Crippen LogP contribution in [0.4, 0.5) is 5.69 Å². The highest BCUT2D eigenvalue weighted by molar-refractivity contribution is 7.92. The first-order chi connectivity index (χ1) is 10.3. The first kappa shape index (κ1) is 16.2. The van der Waals surface area contributed by atoms with Crippen LogP contribution in [0, 0.1) is 6.92 Å². The maximum atomic E-state index is 11.7. The van der Waals surface area contributed by atoms with Crippen LogP contribution >= 0.6 is 11.3 Å². The maximum absolute atomic E-state index is 11.7. The number of thiazole rings is 1. The molecular weight excluding hydrogens is 324 g/mol. The van der Waals surface area contributed by atoms with Gasteiger partial charge >= 0.3 is 5.97 Å². The topological polar surface area (TPSA) is 85.4 Å². The fourth-order valence-corrected chi connectivity index (χ4v) is 2.71. The minimum Gasteiger partial charge on any atom is -0.423 e. The highest BCUT2D eigenvalue weighted by Crippen LogP contribution is 2.17. The number of hydrogen-bond acceptors (Lipinski definition) is 6. The molecule has 0 aliphatic carbocycles. The Hall–Kier alpha value is -2.19. The molecule has 0 fully saturated rings. The summed E-state index contributed by atoms with van der Waals surface area (Å²) < 4.78 is 29.6. The number of esters is 1. The van der Waals surface area contributed by atoms with E-state index in [1.54, 1.807) is 6.08 Å². The van der Waals surface area contributed by atoms with Crippen molar-refractivity contribution >= 4 is 39.1 Å². The monoisotopic (exact) mass is 338 g/mol. The summed E-state index contributed by atoms with van der Waals surface area (Å²) >= 11 is 1.50. The van der Waals surface area contributed by atoms with Gasteiger partial charge in [0, 0.05) is 17.1 Å². The minimum atomic E-state index is -3.33. The highest BCUT2D eigenvalue weighted by atomic mass is 32.2. The molecule has 8 heteroatoms. The van der Waals surface area contributed by atoms with E-state index in [4.69, 9.17) is 4.74 Å². The van der Waals surface area contributed by atoms with Gasteiger partial charge in [0.2, 0.25) is 10.0 Å². The van der Waals surface area contributed by atoms with Gasteiger partial charge in [-0.25, -0.2) is 18.2 Å². The van der Waals surface area contributed by atoms with Gasteiger partial charge in [-0.2, -0.15) is 0 Å². The Morgan fingerprint density at radius 3 is 2.55 bits per heavy atom. The largest absolute Gasteiger partial charge is 0.423 e. The lowest BCUT2D eigenvalue weighted by atomic mass is 10.3. The molecule has 2 aromatic rings. The van der Waals surface area contributed by atoms with E-state index in [9.17, 15) is 13.2 Å². The molecule has 0 amide bonds. The van der Waals surface area contributed by atoms with Crippen molar-refractivity contribution in [2.45, 2.75) is 6.92 Å². The SMILES string of the molecule is Cc1nc(/C=C/C(=O)Oc2ccc(NS(C)(=O)=O)cc2)cs1. The number of anilines is 1. The Kier molecular flexibility index (Phi) is 4.94. The second-order valence-electron chi connectivity index (χ2n) is 4.44. The molecule has 0 bridgehead atoms. The summed E-state index contributed by atoms with van der Waals surface area (Å²) in [6.07, 6.45) is 3.93. The summed E-state index contributed by atoms with van der Waals surface area (Å²) in [5.74, 6) is -0.211. The first-order valence-electron chi connectivity index (χ1n) is 6.22. The third-order valence-corrected chi connectivity index (χ3v) is 3.80. The van der Waals surface area contributed by atoms with Crippen molar-refractivity contribution in [3.63, 3.8) is 0 Å². The van der Waals surface area contributed by atoms with Crippen LogP contribution < -0.4 is 9.46 Å². The number of sulfonamides is 1. The molecule has 1 aromatic carbocycles. The van der Waals surface area contributed by atoms with Crippen molar-refractivity contribution in [2.24, 2.45) is 0 Å². The van der Waals surface area contributed by atoms with Crippen LogP contribution in [0.3, 0.4) is 0 Å². The molecule has 6 nitrogen and oxygen atoms in total.